The summed E-state index contributed by atoms with van der Waals surface area (Å²) in [7, 11) is -3.88. The first-order valence-corrected chi connectivity index (χ1v) is 9.25. The number of aromatic carboxylic acids is 1. The number of para-hydroxylation sites is 2. The third-order valence-corrected chi connectivity index (χ3v) is 5.18. The van der Waals surface area contributed by atoms with Gasteiger partial charge in [-0.3, -0.25) is 4.72 Å². The molecule has 3 aromatic rings. The smallest absolute Gasteiger partial charge is 0.335 e. The monoisotopic (exact) mass is 371 g/mol. The average molecular weight is 371 g/mol. The molecule has 134 valence electrons. The molecular weight excluding hydrogens is 354 g/mol. The van der Waals surface area contributed by atoms with Crippen LogP contribution in [0.4, 0.5) is 5.69 Å². The quantitative estimate of drug-likeness (QED) is 0.718. The summed E-state index contributed by atoms with van der Waals surface area (Å²) in [5, 5.41) is 13.3. The van der Waals surface area contributed by atoms with Crippen LogP contribution in [0.3, 0.4) is 0 Å². The molecule has 1 heterocycles. The van der Waals surface area contributed by atoms with Gasteiger partial charge in [-0.2, -0.15) is 5.10 Å². The molecular formula is C18H17N3O4S. The summed E-state index contributed by atoms with van der Waals surface area (Å²) in [6.07, 6.45) is 0. The molecule has 0 aliphatic heterocycles. The minimum absolute atomic E-state index is 0.0204. The molecule has 3 rings (SSSR count). The summed E-state index contributed by atoms with van der Waals surface area (Å²) in [4.78, 5) is 10.9. The predicted octanol–water partition coefficient (Wildman–Crippen LogP) is 2.99. The van der Waals surface area contributed by atoms with E-state index in [9.17, 15) is 13.2 Å². The largest absolute Gasteiger partial charge is 0.478 e. The molecule has 0 radical (unpaired) electrons. The lowest BCUT2D eigenvalue weighted by molar-refractivity contribution is 0.0696. The van der Waals surface area contributed by atoms with Gasteiger partial charge in [0, 0.05) is 5.69 Å². The van der Waals surface area contributed by atoms with Crippen molar-refractivity contribution in [2.24, 2.45) is 0 Å². The zero-order valence-electron chi connectivity index (χ0n) is 14.2. The lowest BCUT2D eigenvalue weighted by Crippen LogP contribution is -2.15. The Morgan fingerprint density at radius 1 is 1.08 bits per heavy atom. The van der Waals surface area contributed by atoms with E-state index in [-0.39, 0.29) is 10.5 Å². The molecule has 0 amide bonds. The molecule has 7 nitrogen and oxygen atoms in total. The second kappa shape index (κ2) is 6.64. The van der Waals surface area contributed by atoms with Crippen molar-refractivity contribution < 1.29 is 18.3 Å². The number of rotatable bonds is 5. The minimum Gasteiger partial charge on any atom is -0.478 e. The summed E-state index contributed by atoms with van der Waals surface area (Å²) in [6.45, 7) is 3.75. The summed E-state index contributed by atoms with van der Waals surface area (Å²) in [5.41, 5.74) is 2.70. The van der Waals surface area contributed by atoms with E-state index in [0.717, 1.165) is 11.4 Å². The fraction of sp³-hybridized carbons (Fsp3) is 0.111. The number of aromatic nitrogens is 2. The molecule has 1 aromatic heterocycles. The van der Waals surface area contributed by atoms with Crippen LogP contribution in [-0.2, 0) is 10.0 Å². The van der Waals surface area contributed by atoms with Gasteiger partial charge in [0.1, 0.15) is 0 Å². The summed E-state index contributed by atoms with van der Waals surface area (Å²) in [5.74, 6) is -1.11. The van der Waals surface area contributed by atoms with Crippen LogP contribution in [0.25, 0.3) is 5.69 Å². The Morgan fingerprint density at radius 3 is 2.31 bits per heavy atom. The highest BCUT2D eigenvalue weighted by Gasteiger charge is 2.18. The van der Waals surface area contributed by atoms with Crippen LogP contribution < -0.4 is 4.72 Å². The van der Waals surface area contributed by atoms with Crippen LogP contribution in [0.1, 0.15) is 21.7 Å². The number of anilines is 1. The van der Waals surface area contributed by atoms with Gasteiger partial charge in [0.25, 0.3) is 10.0 Å². The first kappa shape index (κ1) is 17.7. The van der Waals surface area contributed by atoms with Crippen molar-refractivity contribution >= 4 is 21.7 Å². The van der Waals surface area contributed by atoms with Crippen molar-refractivity contribution in [3.63, 3.8) is 0 Å². The Labute approximate surface area is 151 Å². The van der Waals surface area contributed by atoms with Gasteiger partial charge in [-0.15, -0.1) is 0 Å². The zero-order chi connectivity index (χ0) is 18.9. The molecule has 26 heavy (non-hydrogen) atoms. The molecule has 0 atom stereocenters. The molecule has 0 bridgehead atoms. The van der Waals surface area contributed by atoms with Crippen LogP contribution in [0, 0.1) is 13.8 Å². The maximum absolute atomic E-state index is 12.7. The molecule has 0 aliphatic carbocycles. The summed E-state index contributed by atoms with van der Waals surface area (Å²) < 4.78 is 29.6. The van der Waals surface area contributed by atoms with Gasteiger partial charge in [0.2, 0.25) is 0 Å². The summed E-state index contributed by atoms with van der Waals surface area (Å²) >= 11 is 0. The highest BCUT2D eigenvalue weighted by Crippen LogP contribution is 2.24. The van der Waals surface area contributed by atoms with Crippen molar-refractivity contribution in [1.82, 2.24) is 9.78 Å². The van der Waals surface area contributed by atoms with Gasteiger partial charge in [0.15, 0.2) is 0 Å². The average Bonchev–Trinajstić information content (AvgIpc) is 2.93. The molecule has 8 heteroatoms. The van der Waals surface area contributed by atoms with Crippen molar-refractivity contribution in [2.45, 2.75) is 18.7 Å². The van der Waals surface area contributed by atoms with E-state index in [4.69, 9.17) is 5.11 Å². The number of carbonyl (C=O) groups is 1. The van der Waals surface area contributed by atoms with E-state index < -0.39 is 16.0 Å². The number of benzene rings is 2. The number of hydrogen-bond donors (Lipinski definition) is 2. The van der Waals surface area contributed by atoms with E-state index in [1.807, 2.05) is 19.9 Å². The number of hydrogen-bond acceptors (Lipinski definition) is 4. The van der Waals surface area contributed by atoms with Crippen LogP contribution in [0.15, 0.2) is 59.5 Å². The van der Waals surface area contributed by atoms with Crippen molar-refractivity contribution in [2.75, 3.05) is 4.72 Å². The SMILES string of the molecule is Cc1cc(C)n(-c2ccccc2NS(=O)(=O)c2ccc(C(=O)O)cc2)n1. The van der Waals surface area contributed by atoms with Crippen LogP contribution in [0.5, 0.6) is 0 Å². The molecule has 0 unspecified atom stereocenters. The molecule has 0 fully saturated rings. The number of sulfonamides is 1. The normalized spacial score (nSPS) is 11.3. The third kappa shape index (κ3) is 3.45. The highest BCUT2D eigenvalue weighted by molar-refractivity contribution is 7.92. The third-order valence-electron chi connectivity index (χ3n) is 3.80. The fourth-order valence-electron chi connectivity index (χ4n) is 2.60. The van der Waals surface area contributed by atoms with Gasteiger partial charge in [-0.05, 0) is 56.3 Å². The number of aryl methyl sites for hydroxylation is 2. The first-order chi connectivity index (χ1) is 12.3. The van der Waals surface area contributed by atoms with Crippen molar-refractivity contribution in [3.8, 4) is 5.69 Å². The standard InChI is InChI=1S/C18H17N3O4S/c1-12-11-13(2)21(19-12)17-6-4-3-5-16(17)20-26(24,25)15-9-7-14(8-10-15)18(22)23/h3-11,20H,1-2H3,(H,22,23). The second-order valence-corrected chi connectivity index (χ2v) is 7.47. The maximum atomic E-state index is 12.7. The molecule has 0 spiro atoms. The van der Waals surface area contributed by atoms with Crippen LogP contribution in [-0.4, -0.2) is 29.3 Å². The number of carboxylic acid groups (broad SMARTS) is 1. The van der Waals surface area contributed by atoms with Crippen LogP contribution >= 0.6 is 0 Å². The fourth-order valence-corrected chi connectivity index (χ4v) is 3.67. The van der Waals surface area contributed by atoms with Gasteiger partial charge in [-0.25, -0.2) is 17.9 Å². The van der Waals surface area contributed by atoms with Gasteiger partial charge < -0.3 is 5.11 Å². The second-order valence-electron chi connectivity index (χ2n) is 5.79. The van der Waals surface area contributed by atoms with Crippen molar-refractivity contribution in [1.29, 1.82) is 0 Å². The Kier molecular flexibility index (Phi) is 4.52. The van der Waals surface area contributed by atoms with Crippen LogP contribution in [0.2, 0.25) is 0 Å². The Bertz CT molecular complexity index is 1070. The molecule has 2 N–H and O–H groups in total. The number of nitrogens with one attached hydrogen (secondary N) is 1. The maximum Gasteiger partial charge on any atom is 0.335 e. The predicted molar refractivity (Wildman–Crippen MR) is 97.2 cm³/mol. The van der Waals surface area contributed by atoms with E-state index >= 15 is 0 Å². The first-order valence-electron chi connectivity index (χ1n) is 7.77. The zero-order valence-corrected chi connectivity index (χ0v) is 15.0. The molecule has 0 aliphatic rings. The highest BCUT2D eigenvalue weighted by atomic mass is 32.2. The molecule has 2 aromatic carbocycles. The van der Waals surface area contributed by atoms with Crippen molar-refractivity contribution in [3.05, 3.63) is 71.5 Å². The molecule has 0 saturated carbocycles. The van der Waals surface area contributed by atoms with E-state index in [1.54, 1.807) is 28.9 Å². The number of carboxylic acids is 1. The van der Waals surface area contributed by atoms with E-state index in [0.29, 0.717) is 11.4 Å². The lowest BCUT2D eigenvalue weighted by atomic mass is 10.2. The summed E-state index contributed by atoms with van der Waals surface area (Å²) in [6, 6.07) is 13.9. The van der Waals surface area contributed by atoms with E-state index in [2.05, 4.69) is 9.82 Å². The Morgan fingerprint density at radius 2 is 1.73 bits per heavy atom. The number of nitrogens with zero attached hydrogens (tertiary/aromatic N) is 2. The van der Waals surface area contributed by atoms with E-state index in [1.165, 1.54) is 24.3 Å². The molecule has 0 saturated heterocycles. The Hall–Kier alpha value is -3.13. The topological polar surface area (TPSA) is 101 Å². The van der Waals surface area contributed by atoms with Gasteiger partial charge in [0.05, 0.1) is 27.5 Å². The Balaban J connectivity index is 1.98. The minimum atomic E-state index is -3.88. The lowest BCUT2D eigenvalue weighted by Gasteiger charge is -2.14. The van der Waals surface area contributed by atoms with Gasteiger partial charge in [-0.1, -0.05) is 12.1 Å². The van der Waals surface area contributed by atoms with Gasteiger partial charge >= 0.3 is 5.97 Å².